The zero-order valence-corrected chi connectivity index (χ0v) is 14.2. The molecule has 0 saturated heterocycles. The number of nitrogens with zero attached hydrogens (tertiary/aromatic N) is 3. The Bertz CT molecular complexity index is 844. The van der Waals surface area contributed by atoms with Crippen molar-refractivity contribution < 1.29 is 4.79 Å². The molecule has 0 atom stereocenters. The lowest BCUT2D eigenvalue weighted by atomic mass is 10.1. The van der Waals surface area contributed by atoms with E-state index in [1.165, 1.54) is 28.7 Å². The van der Waals surface area contributed by atoms with E-state index in [2.05, 4.69) is 44.6 Å². The van der Waals surface area contributed by atoms with Gasteiger partial charge in [0.25, 0.3) is 5.91 Å². The van der Waals surface area contributed by atoms with E-state index in [0.29, 0.717) is 17.5 Å². The van der Waals surface area contributed by atoms with E-state index in [1.807, 2.05) is 24.4 Å². The summed E-state index contributed by atoms with van der Waals surface area (Å²) in [7, 11) is 0. The van der Waals surface area contributed by atoms with E-state index in [4.69, 9.17) is 0 Å². The van der Waals surface area contributed by atoms with Crippen molar-refractivity contribution in [1.82, 2.24) is 15.0 Å². The molecule has 3 aromatic rings. The van der Waals surface area contributed by atoms with Crippen LogP contribution in [-0.2, 0) is 6.54 Å². The fourth-order valence-electron chi connectivity index (χ4n) is 2.10. The molecule has 0 fully saturated rings. The topological polar surface area (TPSA) is 79.8 Å². The molecule has 0 aliphatic rings. The molecule has 2 heterocycles. The normalized spacial score (nSPS) is 10.4. The highest BCUT2D eigenvalue weighted by Gasteiger charge is 2.10. The number of benzene rings is 1. The van der Waals surface area contributed by atoms with Gasteiger partial charge >= 0.3 is 0 Å². The predicted molar refractivity (Wildman–Crippen MR) is 95.3 cm³/mol. The van der Waals surface area contributed by atoms with Gasteiger partial charge in [0, 0.05) is 11.9 Å². The van der Waals surface area contributed by atoms with Crippen molar-refractivity contribution in [3.8, 4) is 0 Å². The number of hydrogen-bond acceptors (Lipinski definition) is 6. The summed E-state index contributed by atoms with van der Waals surface area (Å²) in [6.45, 7) is 4.60. The first-order chi connectivity index (χ1) is 11.6. The third kappa shape index (κ3) is 3.94. The number of aromatic nitrogens is 3. The minimum Gasteiger partial charge on any atom is -0.365 e. The number of anilines is 2. The van der Waals surface area contributed by atoms with E-state index in [1.54, 1.807) is 6.20 Å². The molecule has 0 saturated carbocycles. The van der Waals surface area contributed by atoms with Crippen molar-refractivity contribution in [2.45, 2.75) is 20.4 Å². The Kier molecular flexibility index (Phi) is 4.81. The molecule has 24 heavy (non-hydrogen) atoms. The Labute approximate surface area is 144 Å². The monoisotopic (exact) mass is 339 g/mol. The number of nitrogens with one attached hydrogen (secondary N) is 2. The van der Waals surface area contributed by atoms with Crippen LogP contribution in [0.3, 0.4) is 0 Å². The largest absolute Gasteiger partial charge is 0.365 e. The van der Waals surface area contributed by atoms with Crippen LogP contribution in [0.5, 0.6) is 0 Å². The Morgan fingerprint density at radius 2 is 2.00 bits per heavy atom. The third-order valence-corrected chi connectivity index (χ3v) is 4.32. The molecular formula is C17H17N5OS. The number of carbonyl (C=O) groups excluding carboxylic acids is 1. The molecule has 0 unspecified atom stereocenters. The highest BCUT2D eigenvalue weighted by molar-refractivity contribution is 7.13. The fourth-order valence-corrected chi connectivity index (χ4v) is 2.79. The highest BCUT2D eigenvalue weighted by Crippen LogP contribution is 2.15. The molecular weight excluding hydrogens is 322 g/mol. The Hall–Kier alpha value is -2.80. The van der Waals surface area contributed by atoms with Crippen molar-refractivity contribution in [3.05, 3.63) is 64.6 Å². The molecule has 0 aliphatic carbocycles. The zero-order valence-electron chi connectivity index (χ0n) is 13.4. The number of rotatable bonds is 5. The summed E-state index contributed by atoms with van der Waals surface area (Å²) in [5.41, 5.74) is 3.54. The molecule has 122 valence electrons. The maximum absolute atomic E-state index is 12.1. The first kappa shape index (κ1) is 16.1. The molecule has 0 radical (unpaired) electrons. The molecule has 7 heteroatoms. The minimum absolute atomic E-state index is 0.254. The molecule has 6 nitrogen and oxygen atoms in total. The Morgan fingerprint density at radius 3 is 2.67 bits per heavy atom. The summed E-state index contributed by atoms with van der Waals surface area (Å²) in [5, 5.41) is 8.35. The van der Waals surface area contributed by atoms with Crippen molar-refractivity contribution in [3.63, 3.8) is 0 Å². The summed E-state index contributed by atoms with van der Waals surface area (Å²) in [6.07, 6.45) is 3.01. The van der Waals surface area contributed by atoms with Gasteiger partial charge in [0.15, 0.2) is 5.13 Å². The van der Waals surface area contributed by atoms with Crippen LogP contribution < -0.4 is 10.6 Å². The van der Waals surface area contributed by atoms with Crippen molar-refractivity contribution in [1.29, 1.82) is 0 Å². The molecule has 3 rings (SSSR count). The van der Waals surface area contributed by atoms with Gasteiger partial charge in [-0.1, -0.05) is 24.3 Å². The van der Waals surface area contributed by atoms with Gasteiger partial charge in [-0.2, -0.15) is 0 Å². The summed E-state index contributed by atoms with van der Waals surface area (Å²) < 4.78 is 0. The van der Waals surface area contributed by atoms with E-state index in [-0.39, 0.29) is 11.6 Å². The summed E-state index contributed by atoms with van der Waals surface area (Å²) >= 11 is 1.38. The van der Waals surface area contributed by atoms with E-state index < -0.39 is 0 Å². The average Bonchev–Trinajstić information content (AvgIpc) is 2.99. The number of hydrogen-bond donors (Lipinski definition) is 2. The van der Waals surface area contributed by atoms with Crippen molar-refractivity contribution in [2.75, 3.05) is 10.6 Å². The second-order valence-corrected chi connectivity index (χ2v) is 6.17. The highest BCUT2D eigenvalue weighted by atomic mass is 32.1. The van der Waals surface area contributed by atoms with Gasteiger partial charge < -0.3 is 5.32 Å². The van der Waals surface area contributed by atoms with Crippen LogP contribution in [-0.4, -0.2) is 20.9 Å². The molecule has 2 N–H and O–H groups in total. The fraction of sp³-hybridized carbons (Fsp3) is 0.176. The second kappa shape index (κ2) is 7.18. The third-order valence-electron chi connectivity index (χ3n) is 3.45. The van der Waals surface area contributed by atoms with Crippen molar-refractivity contribution >= 4 is 28.2 Å². The van der Waals surface area contributed by atoms with Gasteiger partial charge in [-0.25, -0.2) is 15.0 Å². The summed E-state index contributed by atoms with van der Waals surface area (Å²) in [5.74, 6) is 0.308. The van der Waals surface area contributed by atoms with Gasteiger partial charge in [-0.05, 0) is 25.0 Å². The molecule has 1 aromatic carbocycles. The van der Waals surface area contributed by atoms with Gasteiger partial charge in [-0.15, -0.1) is 11.3 Å². The lowest BCUT2D eigenvalue weighted by Gasteiger charge is -2.08. The Morgan fingerprint density at radius 1 is 1.17 bits per heavy atom. The van der Waals surface area contributed by atoms with Crippen molar-refractivity contribution in [2.24, 2.45) is 0 Å². The average molecular weight is 339 g/mol. The standard InChI is InChI=1S/C17H17N5OS/c1-11-5-3-4-6-13(11)7-19-15-9-18-14(8-20-15)16(23)22-17-21-12(2)10-24-17/h3-6,8-10H,7H2,1-2H3,(H,19,20)(H,21,22,23). The zero-order chi connectivity index (χ0) is 16.9. The minimum atomic E-state index is -0.317. The Balaban J connectivity index is 1.60. The van der Waals surface area contributed by atoms with Gasteiger partial charge in [0.2, 0.25) is 0 Å². The van der Waals surface area contributed by atoms with Crippen LogP contribution in [0.15, 0.2) is 42.0 Å². The molecule has 1 amide bonds. The predicted octanol–water partition coefficient (Wildman–Crippen LogP) is 3.41. The first-order valence-electron chi connectivity index (χ1n) is 7.46. The van der Waals surface area contributed by atoms with E-state index in [0.717, 1.165) is 5.69 Å². The maximum atomic E-state index is 12.1. The smallest absolute Gasteiger partial charge is 0.277 e. The molecule has 0 spiro atoms. The van der Waals surface area contributed by atoms with Gasteiger partial charge in [0.05, 0.1) is 18.1 Å². The van der Waals surface area contributed by atoms with E-state index >= 15 is 0 Å². The number of amides is 1. The van der Waals surface area contributed by atoms with Crippen LogP contribution in [0, 0.1) is 13.8 Å². The van der Waals surface area contributed by atoms with E-state index in [9.17, 15) is 4.79 Å². The molecule has 0 bridgehead atoms. The molecule has 2 aromatic heterocycles. The first-order valence-corrected chi connectivity index (χ1v) is 8.33. The summed E-state index contributed by atoms with van der Waals surface area (Å²) in [4.78, 5) is 24.7. The quantitative estimate of drug-likeness (QED) is 0.744. The van der Waals surface area contributed by atoms with Crippen LogP contribution in [0.2, 0.25) is 0 Å². The summed E-state index contributed by atoms with van der Waals surface area (Å²) in [6, 6.07) is 8.14. The SMILES string of the molecule is Cc1csc(NC(=O)c2cnc(NCc3ccccc3C)cn2)n1. The van der Waals surface area contributed by atoms with Gasteiger partial charge in [0.1, 0.15) is 11.5 Å². The van der Waals surface area contributed by atoms with Crippen LogP contribution in [0.25, 0.3) is 0 Å². The van der Waals surface area contributed by atoms with Crippen LogP contribution >= 0.6 is 11.3 Å². The van der Waals surface area contributed by atoms with Crippen LogP contribution in [0.4, 0.5) is 10.9 Å². The number of thiazole rings is 1. The lowest BCUT2D eigenvalue weighted by Crippen LogP contribution is -2.14. The molecule has 0 aliphatic heterocycles. The van der Waals surface area contributed by atoms with Crippen LogP contribution in [0.1, 0.15) is 27.3 Å². The number of carbonyl (C=O) groups is 1. The second-order valence-electron chi connectivity index (χ2n) is 5.32. The maximum Gasteiger partial charge on any atom is 0.277 e. The lowest BCUT2D eigenvalue weighted by molar-refractivity contribution is 0.102. The number of aryl methyl sites for hydroxylation is 2. The van der Waals surface area contributed by atoms with Gasteiger partial charge in [-0.3, -0.25) is 10.1 Å².